The summed E-state index contributed by atoms with van der Waals surface area (Å²) in [6.45, 7) is 0. The molecule has 0 saturated heterocycles. The maximum Gasteiger partial charge on any atom is 0.153 e. The van der Waals surface area contributed by atoms with E-state index in [1.165, 1.54) is 0 Å². The number of hydrogen-bond acceptors (Lipinski definition) is 5. The predicted octanol–water partition coefficient (Wildman–Crippen LogP) is 1.21. The number of benzene rings is 1. The molecule has 2 heterocycles. The molecule has 3 aromatic rings. The quantitative estimate of drug-likeness (QED) is 0.778. The number of para-hydroxylation sites is 1. The monoisotopic (exact) mass is 333 g/mol. The van der Waals surface area contributed by atoms with Crippen molar-refractivity contribution in [3.05, 3.63) is 52.5 Å². The maximum absolute atomic E-state index is 6.21. The van der Waals surface area contributed by atoms with Gasteiger partial charge in [-0.05, 0) is 28.1 Å². The molecule has 0 aliphatic carbocycles. The highest BCUT2D eigenvalue weighted by molar-refractivity contribution is 9.10. The van der Waals surface area contributed by atoms with Crippen LogP contribution >= 0.6 is 15.9 Å². The van der Waals surface area contributed by atoms with Crippen molar-refractivity contribution in [2.45, 2.75) is 6.04 Å². The molecule has 1 atom stereocenters. The number of nitrogens with zero attached hydrogens (tertiary/aromatic N) is 6. The summed E-state index contributed by atoms with van der Waals surface area (Å²) in [5.41, 5.74) is 8.50. The number of nitrogens with two attached hydrogens (primary N) is 1. The zero-order valence-electron chi connectivity index (χ0n) is 10.7. The fourth-order valence-electron chi connectivity index (χ4n) is 1.91. The molecule has 0 bridgehead atoms. The van der Waals surface area contributed by atoms with Crippen molar-refractivity contribution < 1.29 is 0 Å². The van der Waals surface area contributed by atoms with Crippen LogP contribution in [0.4, 0.5) is 0 Å². The fourth-order valence-corrected chi connectivity index (χ4v) is 2.49. The number of aryl methyl sites for hydroxylation is 1. The Labute approximate surface area is 123 Å². The molecular weight excluding hydrogens is 322 g/mol. The van der Waals surface area contributed by atoms with Crippen LogP contribution in [0.15, 0.2) is 41.1 Å². The van der Waals surface area contributed by atoms with E-state index in [2.05, 4.69) is 36.4 Å². The third kappa shape index (κ3) is 2.23. The molecule has 0 aliphatic heterocycles. The van der Waals surface area contributed by atoms with Gasteiger partial charge in [-0.3, -0.25) is 0 Å². The average molecular weight is 334 g/mol. The van der Waals surface area contributed by atoms with Crippen LogP contribution in [-0.4, -0.2) is 30.0 Å². The van der Waals surface area contributed by atoms with Crippen LogP contribution in [-0.2, 0) is 7.05 Å². The first-order valence-electron chi connectivity index (χ1n) is 5.95. The molecule has 20 heavy (non-hydrogen) atoms. The van der Waals surface area contributed by atoms with E-state index >= 15 is 0 Å². The zero-order chi connectivity index (χ0) is 14.1. The number of halogens is 1. The van der Waals surface area contributed by atoms with Crippen LogP contribution in [0.3, 0.4) is 0 Å². The van der Waals surface area contributed by atoms with Gasteiger partial charge in [0.05, 0.1) is 23.6 Å². The largest absolute Gasteiger partial charge is 0.318 e. The first-order chi connectivity index (χ1) is 9.66. The van der Waals surface area contributed by atoms with Crippen molar-refractivity contribution in [3.63, 3.8) is 0 Å². The molecule has 7 nitrogen and oxygen atoms in total. The summed E-state index contributed by atoms with van der Waals surface area (Å²) in [7, 11) is 1.79. The molecule has 2 N–H and O–H groups in total. The molecule has 8 heteroatoms. The first kappa shape index (κ1) is 12.9. The van der Waals surface area contributed by atoms with Gasteiger partial charge in [0, 0.05) is 7.05 Å². The van der Waals surface area contributed by atoms with Crippen molar-refractivity contribution in [3.8, 4) is 5.69 Å². The summed E-state index contributed by atoms with van der Waals surface area (Å²) in [5, 5.41) is 16.5. The van der Waals surface area contributed by atoms with E-state index in [0.717, 1.165) is 11.4 Å². The Kier molecular flexibility index (Phi) is 3.33. The van der Waals surface area contributed by atoms with Crippen molar-refractivity contribution in [2.75, 3.05) is 0 Å². The topological polar surface area (TPSA) is 87.4 Å². The maximum atomic E-state index is 6.21. The lowest BCUT2D eigenvalue weighted by Gasteiger charge is -2.08. The summed E-state index contributed by atoms with van der Waals surface area (Å²) in [6.07, 6.45) is 1.65. The van der Waals surface area contributed by atoms with E-state index in [1.807, 2.05) is 30.3 Å². The van der Waals surface area contributed by atoms with Crippen LogP contribution in [0.1, 0.15) is 17.4 Å². The highest BCUT2D eigenvalue weighted by Crippen LogP contribution is 2.23. The van der Waals surface area contributed by atoms with E-state index in [1.54, 1.807) is 22.7 Å². The van der Waals surface area contributed by atoms with E-state index < -0.39 is 6.04 Å². The number of rotatable bonds is 3. The van der Waals surface area contributed by atoms with E-state index in [9.17, 15) is 0 Å². The molecule has 1 unspecified atom stereocenters. The van der Waals surface area contributed by atoms with Crippen LogP contribution in [0.25, 0.3) is 5.69 Å². The van der Waals surface area contributed by atoms with Crippen molar-refractivity contribution in [1.82, 2.24) is 30.0 Å². The lowest BCUT2D eigenvalue weighted by atomic mass is 10.2. The minimum Gasteiger partial charge on any atom is -0.318 e. The second kappa shape index (κ2) is 5.14. The smallest absolute Gasteiger partial charge is 0.153 e. The van der Waals surface area contributed by atoms with E-state index in [4.69, 9.17) is 5.73 Å². The summed E-state index contributed by atoms with van der Waals surface area (Å²) in [4.78, 5) is 1.55. The van der Waals surface area contributed by atoms with Gasteiger partial charge in [0.25, 0.3) is 0 Å². The molecule has 0 amide bonds. The summed E-state index contributed by atoms with van der Waals surface area (Å²) >= 11 is 3.34. The van der Waals surface area contributed by atoms with Crippen LogP contribution in [0.2, 0.25) is 0 Å². The standard InChI is InChI=1S/C12H12BrN7/c1-19-11(12(13)16-18-19)10(14)9-7-15-20(17-9)8-5-3-2-4-6-8/h2-7,10H,14H2,1H3. The van der Waals surface area contributed by atoms with Crippen molar-refractivity contribution in [2.24, 2.45) is 12.8 Å². The molecule has 0 saturated carbocycles. The van der Waals surface area contributed by atoms with Crippen molar-refractivity contribution in [1.29, 1.82) is 0 Å². The second-order valence-corrected chi connectivity index (χ2v) is 5.01. The Balaban J connectivity index is 1.95. The van der Waals surface area contributed by atoms with Gasteiger partial charge in [0.1, 0.15) is 5.69 Å². The van der Waals surface area contributed by atoms with Crippen LogP contribution < -0.4 is 5.73 Å². The summed E-state index contributed by atoms with van der Waals surface area (Å²) < 4.78 is 2.23. The summed E-state index contributed by atoms with van der Waals surface area (Å²) in [6, 6.07) is 9.22. The molecule has 1 aromatic carbocycles. The Morgan fingerprint density at radius 1 is 1.25 bits per heavy atom. The van der Waals surface area contributed by atoms with Gasteiger partial charge < -0.3 is 5.73 Å². The number of aromatic nitrogens is 6. The fraction of sp³-hybridized carbons (Fsp3) is 0.167. The molecule has 2 aromatic heterocycles. The first-order valence-corrected chi connectivity index (χ1v) is 6.74. The Hall–Kier alpha value is -2.06. The molecule has 102 valence electrons. The van der Waals surface area contributed by atoms with Gasteiger partial charge in [-0.2, -0.15) is 15.0 Å². The Bertz CT molecular complexity index is 699. The zero-order valence-corrected chi connectivity index (χ0v) is 12.3. The minimum absolute atomic E-state index is 0.443. The van der Waals surface area contributed by atoms with Gasteiger partial charge in [-0.25, -0.2) is 4.68 Å². The molecular formula is C12H12BrN7. The highest BCUT2D eigenvalue weighted by atomic mass is 79.9. The van der Waals surface area contributed by atoms with Gasteiger partial charge in [-0.1, -0.05) is 23.4 Å². The van der Waals surface area contributed by atoms with E-state index in [0.29, 0.717) is 10.3 Å². The third-order valence-corrected chi connectivity index (χ3v) is 3.50. The minimum atomic E-state index is -0.443. The van der Waals surface area contributed by atoms with Crippen LogP contribution in [0, 0.1) is 0 Å². The van der Waals surface area contributed by atoms with Crippen molar-refractivity contribution >= 4 is 15.9 Å². The van der Waals surface area contributed by atoms with E-state index in [-0.39, 0.29) is 0 Å². The Morgan fingerprint density at radius 3 is 2.65 bits per heavy atom. The molecule has 3 rings (SSSR count). The van der Waals surface area contributed by atoms with Crippen LogP contribution in [0.5, 0.6) is 0 Å². The molecule has 0 fully saturated rings. The predicted molar refractivity (Wildman–Crippen MR) is 76.1 cm³/mol. The molecule has 0 spiro atoms. The summed E-state index contributed by atoms with van der Waals surface area (Å²) in [5.74, 6) is 0. The highest BCUT2D eigenvalue weighted by Gasteiger charge is 2.21. The Morgan fingerprint density at radius 2 is 2.00 bits per heavy atom. The third-order valence-electron chi connectivity index (χ3n) is 2.94. The molecule has 0 radical (unpaired) electrons. The van der Waals surface area contributed by atoms with Gasteiger partial charge >= 0.3 is 0 Å². The van der Waals surface area contributed by atoms with Gasteiger partial charge in [-0.15, -0.1) is 5.10 Å². The van der Waals surface area contributed by atoms with Gasteiger partial charge in [0.15, 0.2) is 4.60 Å². The SMILES string of the molecule is Cn1nnc(Br)c1C(N)c1cnn(-c2ccccc2)n1. The number of hydrogen-bond donors (Lipinski definition) is 1. The normalized spacial score (nSPS) is 12.6. The molecule has 0 aliphatic rings. The average Bonchev–Trinajstić information content (AvgIpc) is 3.07. The lowest BCUT2D eigenvalue weighted by Crippen LogP contribution is -2.17. The van der Waals surface area contributed by atoms with Gasteiger partial charge in [0.2, 0.25) is 0 Å². The lowest BCUT2D eigenvalue weighted by molar-refractivity contribution is 0.637. The second-order valence-electron chi connectivity index (χ2n) is 4.26.